The van der Waals surface area contributed by atoms with Crippen molar-refractivity contribution in [3.8, 4) is 67.0 Å². The van der Waals surface area contributed by atoms with E-state index in [4.69, 9.17) is 19.4 Å². The van der Waals surface area contributed by atoms with E-state index in [-0.39, 0.29) is 0 Å². The highest BCUT2D eigenvalue weighted by Crippen LogP contribution is 2.44. The summed E-state index contributed by atoms with van der Waals surface area (Å²) in [4.78, 5) is 28.2. The molecule has 0 amide bonds. The van der Waals surface area contributed by atoms with Gasteiger partial charge in [-0.3, -0.25) is 29.9 Å². The van der Waals surface area contributed by atoms with Crippen LogP contribution >= 0.6 is 0 Å². The van der Waals surface area contributed by atoms with E-state index >= 15 is 0 Å². The lowest BCUT2D eigenvalue weighted by atomic mass is 9.92. The first-order chi connectivity index (χ1) is 58.0. The van der Waals surface area contributed by atoms with Crippen LogP contribution in [0.1, 0.15) is 0 Å². The van der Waals surface area contributed by atoms with E-state index in [9.17, 15) is 0 Å². The van der Waals surface area contributed by atoms with Crippen molar-refractivity contribution in [2.75, 3.05) is 0 Å². The summed E-state index contributed by atoms with van der Waals surface area (Å²) in [6.45, 7) is 0. The molecule has 0 fully saturated rings. The molecule has 117 heavy (non-hydrogen) atoms. The van der Waals surface area contributed by atoms with Crippen LogP contribution < -0.4 is 0 Å². The maximum Gasteiger partial charge on any atom is 0.143 e. The maximum absolute atomic E-state index is 6.37. The zero-order valence-electron chi connectivity index (χ0n) is 63.1. The van der Waals surface area contributed by atoms with E-state index in [0.717, 1.165) is 121 Å². The van der Waals surface area contributed by atoms with E-state index in [1.165, 1.54) is 109 Å². The molecule has 544 valence electrons. The molecular weight excluding hydrogens is 1430 g/mol. The minimum absolute atomic E-state index is 0.910. The average Bonchev–Trinajstić information content (AvgIpc) is 1.74. The Kier molecular flexibility index (Phi) is 15.7. The minimum Gasteiger partial charge on any atom is -0.455 e. The van der Waals surface area contributed by atoms with E-state index in [1.807, 2.05) is 12.1 Å². The fourth-order valence-electron chi connectivity index (χ4n) is 18.2. The number of fused-ring (bicyclic) bond motifs is 27. The number of para-hydroxylation sites is 6. The minimum atomic E-state index is 0.910. The van der Waals surface area contributed by atoms with E-state index < -0.39 is 0 Å². The lowest BCUT2D eigenvalue weighted by Gasteiger charge is -2.13. The summed E-state index contributed by atoms with van der Waals surface area (Å²) in [7, 11) is 0. The number of benzene rings is 19. The lowest BCUT2D eigenvalue weighted by Crippen LogP contribution is -1.94. The second kappa shape index (κ2) is 27.5. The van der Waals surface area contributed by atoms with Gasteiger partial charge >= 0.3 is 0 Å². The Morgan fingerprint density at radius 1 is 0.171 bits per heavy atom. The molecule has 0 aliphatic rings. The van der Waals surface area contributed by atoms with Crippen molar-refractivity contribution in [3.63, 3.8) is 0 Å². The molecule has 0 atom stereocenters. The smallest absolute Gasteiger partial charge is 0.143 e. The summed E-state index contributed by atoms with van der Waals surface area (Å²) < 4.78 is 11.1. The predicted octanol–water partition coefficient (Wildman–Crippen LogP) is 28.2. The molecule has 6 aromatic heterocycles. The van der Waals surface area contributed by atoms with Crippen LogP contribution in [0.4, 0.5) is 0 Å². The molecule has 6 heterocycles. The Morgan fingerprint density at radius 2 is 0.470 bits per heavy atom. The molecular formula is C108H66N8O. The van der Waals surface area contributed by atoms with Crippen LogP contribution in [0, 0.1) is 0 Å². The number of furan rings is 1. The third-order valence-electron chi connectivity index (χ3n) is 23.5. The molecule has 25 aromatic rings. The zero-order chi connectivity index (χ0) is 77.0. The molecule has 0 spiro atoms. The molecule has 0 aliphatic heterocycles. The Bertz CT molecular complexity index is 8170. The highest BCUT2D eigenvalue weighted by molar-refractivity contribution is 6.27. The fourth-order valence-corrected chi connectivity index (χ4v) is 18.2. The van der Waals surface area contributed by atoms with Crippen LogP contribution in [0.2, 0.25) is 0 Å². The van der Waals surface area contributed by atoms with E-state index in [1.54, 1.807) is 37.2 Å². The van der Waals surface area contributed by atoms with Gasteiger partial charge in [-0.1, -0.05) is 279 Å². The molecule has 0 N–H and O–H groups in total. The van der Waals surface area contributed by atoms with Crippen LogP contribution in [0.15, 0.2) is 406 Å². The Hall–Kier alpha value is -15.8. The summed E-state index contributed by atoms with van der Waals surface area (Å²) in [5.41, 5.74) is 26.3. The number of aromatic nitrogens is 8. The standard InChI is InChI=1S/C40H24N2O.2C34H21N3/c1-2-8-25(9-3-1)27-16-18-32-35(23-27)36-24-28(17-19-33(36)39-38(32)41-20-21-42-39)26-10-6-11-29(22-26)30-13-7-14-34-31-12-4-5-15-37(31)43-40(30)34;1-2-13-28-25(10-1)30-21-23(16-17-29(30)34-33(28)35-18-19-36-34)22-8-7-9-24(20-22)37-31-14-5-3-11-26(31)27-12-4-6-15-32(27)37;1-2-10-28-25(7-1)30-21-23(15-18-29(30)34-33(28)35-19-20-36-34)22-13-16-24(17-14-22)37-31-11-5-3-8-26(31)27-9-4-6-12-32(27)37/h1-24H;2*1-21H. The number of nitrogens with zero attached hydrogens (tertiary/aromatic N) is 8. The quantitative estimate of drug-likeness (QED) is 0.147. The molecule has 9 heteroatoms. The first-order valence-electron chi connectivity index (χ1n) is 39.5. The Labute approximate surface area is 670 Å². The van der Waals surface area contributed by atoms with Crippen LogP contribution in [0.5, 0.6) is 0 Å². The second-order valence-electron chi connectivity index (χ2n) is 30.0. The maximum atomic E-state index is 6.37. The number of hydrogen-bond donors (Lipinski definition) is 0. The lowest BCUT2D eigenvalue weighted by molar-refractivity contribution is 0.670. The summed E-state index contributed by atoms with van der Waals surface area (Å²) in [5.74, 6) is 0. The van der Waals surface area contributed by atoms with Gasteiger partial charge in [0.05, 0.1) is 55.2 Å². The number of hydrogen-bond acceptors (Lipinski definition) is 7. The third-order valence-corrected chi connectivity index (χ3v) is 23.5. The molecule has 0 saturated carbocycles. The molecule has 19 aromatic carbocycles. The highest BCUT2D eigenvalue weighted by Gasteiger charge is 2.21. The number of rotatable bonds is 7. The van der Waals surface area contributed by atoms with Crippen LogP contribution in [-0.4, -0.2) is 39.0 Å². The van der Waals surface area contributed by atoms with E-state index in [0.29, 0.717) is 0 Å². The van der Waals surface area contributed by atoms with Gasteiger partial charge in [0.1, 0.15) is 11.2 Å². The molecule has 0 radical (unpaired) electrons. The van der Waals surface area contributed by atoms with Crippen molar-refractivity contribution >= 4 is 163 Å². The molecule has 9 nitrogen and oxygen atoms in total. The van der Waals surface area contributed by atoms with Crippen molar-refractivity contribution in [1.29, 1.82) is 0 Å². The first-order valence-corrected chi connectivity index (χ1v) is 39.5. The largest absolute Gasteiger partial charge is 0.455 e. The highest BCUT2D eigenvalue weighted by atomic mass is 16.3. The van der Waals surface area contributed by atoms with Gasteiger partial charge in [-0.2, -0.15) is 0 Å². The Balaban J connectivity index is 0.000000104. The average molecular weight is 1490 g/mol. The van der Waals surface area contributed by atoms with Crippen LogP contribution in [0.25, 0.3) is 230 Å². The monoisotopic (exact) mass is 1490 g/mol. The molecule has 0 bridgehead atoms. The van der Waals surface area contributed by atoms with Gasteiger partial charge in [0, 0.05) is 119 Å². The van der Waals surface area contributed by atoms with E-state index in [2.05, 4.69) is 376 Å². The summed E-state index contributed by atoms with van der Waals surface area (Å²) in [5, 5.41) is 21.3. The van der Waals surface area contributed by atoms with Crippen LogP contribution in [0.3, 0.4) is 0 Å². The van der Waals surface area contributed by atoms with Crippen LogP contribution in [-0.2, 0) is 0 Å². The summed E-state index contributed by atoms with van der Waals surface area (Å²) in [6, 6.07) is 130. The van der Waals surface area contributed by atoms with Gasteiger partial charge in [-0.05, 0) is 167 Å². The summed E-state index contributed by atoms with van der Waals surface area (Å²) >= 11 is 0. The van der Waals surface area contributed by atoms with Crippen molar-refractivity contribution in [2.45, 2.75) is 0 Å². The topological polar surface area (TPSA) is 100 Å². The molecule has 0 unspecified atom stereocenters. The first kappa shape index (κ1) is 66.9. The molecule has 0 aliphatic carbocycles. The van der Waals surface area contributed by atoms with Gasteiger partial charge in [0.25, 0.3) is 0 Å². The zero-order valence-corrected chi connectivity index (χ0v) is 63.1. The molecule has 25 rings (SSSR count). The SMILES string of the molecule is c1cc(-c2ccc3c(c2)c2ccccc2c2nccnc32)cc(-n2c3ccccc3c3ccccc32)c1.c1ccc(-c2ccc3c(c2)c2cc(-c4cccc(-c5cccc6c5oc5ccccc56)c4)ccc2c2nccnc32)cc1.c1ccc2c(c1)c1cc(-c3ccc(-n4c5ccccc5c5ccccc54)cc3)ccc1c1nccnc21. The molecule has 0 saturated heterocycles. The van der Waals surface area contributed by atoms with Gasteiger partial charge in [0.15, 0.2) is 0 Å². The van der Waals surface area contributed by atoms with Crippen molar-refractivity contribution in [3.05, 3.63) is 401 Å². The van der Waals surface area contributed by atoms with Crippen molar-refractivity contribution in [2.24, 2.45) is 0 Å². The third kappa shape index (κ3) is 11.2. The predicted molar refractivity (Wildman–Crippen MR) is 487 cm³/mol. The van der Waals surface area contributed by atoms with Gasteiger partial charge in [-0.15, -0.1) is 0 Å². The second-order valence-corrected chi connectivity index (χ2v) is 30.0. The van der Waals surface area contributed by atoms with Crippen molar-refractivity contribution in [1.82, 2.24) is 39.0 Å². The van der Waals surface area contributed by atoms with Gasteiger partial charge in [-0.25, -0.2) is 0 Å². The van der Waals surface area contributed by atoms with Gasteiger partial charge in [0.2, 0.25) is 0 Å². The normalized spacial score (nSPS) is 11.8. The summed E-state index contributed by atoms with van der Waals surface area (Å²) in [6.07, 6.45) is 10.7. The van der Waals surface area contributed by atoms with Crippen molar-refractivity contribution < 1.29 is 4.42 Å². The van der Waals surface area contributed by atoms with Gasteiger partial charge < -0.3 is 13.6 Å². The fraction of sp³-hybridized carbons (Fsp3) is 0. The Morgan fingerprint density at radius 3 is 0.932 bits per heavy atom.